The first-order valence-electron chi connectivity index (χ1n) is 8.41. The third-order valence-electron chi connectivity index (χ3n) is 4.25. The van der Waals surface area contributed by atoms with Crippen LogP contribution in [0.4, 0.5) is 5.69 Å². The average Bonchev–Trinajstić information content (AvgIpc) is 3.22. The second-order valence-corrected chi connectivity index (χ2v) is 7.56. The van der Waals surface area contributed by atoms with Gasteiger partial charge in [-0.3, -0.25) is 14.5 Å². The van der Waals surface area contributed by atoms with Crippen molar-refractivity contribution in [2.45, 2.75) is 26.3 Å². The predicted octanol–water partition coefficient (Wildman–Crippen LogP) is 4.27. The fourth-order valence-electron chi connectivity index (χ4n) is 3.11. The number of hydrogen-bond acceptors (Lipinski definition) is 5. The van der Waals surface area contributed by atoms with Crippen molar-refractivity contribution in [1.82, 2.24) is 0 Å². The molecule has 0 saturated carbocycles. The fourth-order valence-corrected chi connectivity index (χ4v) is 3.94. The first-order valence-corrected chi connectivity index (χ1v) is 9.29. The number of hydrogen-bond donors (Lipinski definition) is 1. The molecule has 1 atom stereocenters. The number of ether oxygens (including phenoxy) is 1. The summed E-state index contributed by atoms with van der Waals surface area (Å²) in [6.07, 6.45) is 0.278. The molecule has 6 heteroatoms. The molecule has 3 rings (SSSR count). The molecule has 0 spiro atoms. The van der Waals surface area contributed by atoms with Crippen LogP contribution in [0.3, 0.4) is 0 Å². The lowest BCUT2D eigenvalue weighted by Gasteiger charge is -2.26. The molecule has 136 valence electrons. The van der Waals surface area contributed by atoms with E-state index in [4.69, 9.17) is 4.74 Å². The van der Waals surface area contributed by atoms with Gasteiger partial charge in [0.25, 0.3) is 5.91 Å². The zero-order valence-electron chi connectivity index (χ0n) is 14.9. The minimum atomic E-state index is -0.624. The first kappa shape index (κ1) is 18.2. The van der Waals surface area contributed by atoms with Crippen molar-refractivity contribution in [1.29, 1.82) is 0 Å². The van der Waals surface area contributed by atoms with E-state index in [-0.39, 0.29) is 23.7 Å². The second-order valence-electron chi connectivity index (χ2n) is 6.58. The van der Waals surface area contributed by atoms with E-state index in [0.29, 0.717) is 11.4 Å². The molecule has 26 heavy (non-hydrogen) atoms. The lowest BCUT2D eigenvalue weighted by molar-refractivity contribution is -0.118. The Morgan fingerprint density at radius 2 is 2.08 bits per heavy atom. The quantitative estimate of drug-likeness (QED) is 0.823. The van der Waals surface area contributed by atoms with E-state index in [0.717, 1.165) is 4.88 Å². The summed E-state index contributed by atoms with van der Waals surface area (Å²) in [6.45, 7) is 3.87. The molecule has 0 saturated heterocycles. The number of benzene rings is 1. The van der Waals surface area contributed by atoms with Crippen LogP contribution >= 0.6 is 11.3 Å². The number of thiophene rings is 1. The van der Waals surface area contributed by atoms with Crippen LogP contribution in [0.15, 0.2) is 53.1 Å². The number of carbonyl (C=O) groups is 2. The number of amides is 1. The van der Waals surface area contributed by atoms with Crippen molar-refractivity contribution in [3.63, 3.8) is 0 Å². The van der Waals surface area contributed by atoms with E-state index in [1.807, 2.05) is 31.4 Å². The molecule has 1 amide bonds. The van der Waals surface area contributed by atoms with Gasteiger partial charge in [0, 0.05) is 23.1 Å². The third kappa shape index (κ3) is 3.24. The lowest BCUT2D eigenvalue weighted by atomic mass is 9.95. The van der Waals surface area contributed by atoms with Crippen molar-refractivity contribution in [2.75, 3.05) is 12.0 Å². The van der Waals surface area contributed by atoms with Crippen LogP contribution in [0.2, 0.25) is 0 Å². The molecule has 1 unspecified atom stereocenters. The van der Waals surface area contributed by atoms with Crippen molar-refractivity contribution in [3.8, 4) is 5.75 Å². The summed E-state index contributed by atoms with van der Waals surface area (Å²) in [6, 6.07) is 10.2. The number of Topliss-reactive ketones (excluding diaryl/α,β-unsaturated/α-hetero) is 1. The van der Waals surface area contributed by atoms with Crippen LogP contribution in [0.25, 0.3) is 0 Å². The zero-order chi connectivity index (χ0) is 18.8. The monoisotopic (exact) mass is 371 g/mol. The van der Waals surface area contributed by atoms with Gasteiger partial charge in [-0.2, -0.15) is 0 Å². The van der Waals surface area contributed by atoms with Gasteiger partial charge in [0.2, 0.25) is 0 Å². The van der Waals surface area contributed by atoms with Crippen LogP contribution in [0, 0.1) is 5.92 Å². The standard InChI is InChI=1S/C20H21NO4S/c1-12(2)10-15(22)17-18(16-8-5-9-26-16)21(20(24)19(17)23)13-6-4-7-14(11-13)25-3/h4-9,11-12,18,23H,10H2,1-3H3. The maximum atomic E-state index is 12.8. The van der Waals surface area contributed by atoms with Crippen LogP contribution in [0.5, 0.6) is 5.75 Å². The minimum Gasteiger partial charge on any atom is -0.503 e. The normalized spacial score (nSPS) is 17.3. The van der Waals surface area contributed by atoms with E-state index < -0.39 is 17.7 Å². The summed E-state index contributed by atoms with van der Waals surface area (Å²) in [5.74, 6) is -0.496. The van der Waals surface area contributed by atoms with Crippen LogP contribution < -0.4 is 9.64 Å². The summed E-state index contributed by atoms with van der Waals surface area (Å²) in [5.41, 5.74) is 0.751. The van der Waals surface area contributed by atoms with E-state index in [2.05, 4.69) is 0 Å². The van der Waals surface area contributed by atoms with E-state index in [1.165, 1.54) is 16.2 Å². The lowest BCUT2D eigenvalue weighted by Crippen LogP contribution is -2.30. The van der Waals surface area contributed by atoms with Gasteiger partial charge >= 0.3 is 0 Å². The van der Waals surface area contributed by atoms with Gasteiger partial charge in [-0.15, -0.1) is 11.3 Å². The smallest absolute Gasteiger partial charge is 0.294 e. The highest BCUT2D eigenvalue weighted by Crippen LogP contribution is 2.43. The van der Waals surface area contributed by atoms with Gasteiger partial charge in [-0.05, 0) is 29.5 Å². The summed E-state index contributed by atoms with van der Waals surface area (Å²) >= 11 is 1.45. The maximum absolute atomic E-state index is 12.8. The number of nitrogens with zero attached hydrogens (tertiary/aromatic N) is 1. The van der Waals surface area contributed by atoms with Gasteiger partial charge in [0.1, 0.15) is 11.8 Å². The summed E-state index contributed by atoms with van der Waals surface area (Å²) in [5, 5.41) is 12.4. The molecule has 1 aliphatic heterocycles. The topological polar surface area (TPSA) is 66.8 Å². The largest absolute Gasteiger partial charge is 0.503 e. The molecule has 1 aromatic carbocycles. The van der Waals surface area contributed by atoms with Crippen LogP contribution in [-0.4, -0.2) is 23.9 Å². The zero-order valence-corrected chi connectivity index (χ0v) is 15.7. The van der Waals surface area contributed by atoms with Gasteiger partial charge in [-0.25, -0.2) is 0 Å². The van der Waals surface area contributed by atoms with Crippen molar-refractivity contribution < 1.29 is 19.4 Å². The second kappa shape index (κ2) is 7.33. The Morgan fingerprint density at radius 3 is 2.69 bits per heavy atom. The maximum Gasteiger partial charge on any atom is 0.294 e. The molecular formula is C20H21NO4S. The Kier molecular flexibility index (Phi) is 5.13. The Labute approximate surface area is 156 Å². The van der Waals surface area contributed by atoms with E-state index in [1.54, 1.807) is 31.4 Å². The molecule has 5 nitrogen and oxygen atoms in total. The average molecular weight is 371 g/mol. The number of aliphatic hydroxyl groups excluding tert-OH is 1. The Balaban J connectivity index is 2.10. The van der Waals surface area contributed by atoms with Crippen molar-refractivity contribution >= 4 is 28.7 Å². The van der Waals surface area contributed by atoms with Crippen LogP contribution in [0.1, 0.15) is 31.2 Å². The Hall–Kier alpha value is -2.60. The van der Waals surface area contributed by atoms with Gasteiger partial charge in [-0.1, -0.05) is 26.0 Å². The van der Waals surface area contributed by atoms with Crippen molar-refractivity contribution in [2.24, 2.45) is 5.92 Å². The number of anilines is 1. The fraction of sp³-hybridized carbons (Fsp3) is 0.300. The molecule has 1 aliphatic rings. The number of methoxy groups -OCH3 is 1. The summed E-state index contributed by atoms with van der Waals surface area (Å²) < 4.78 is 5.25. The van der Waals surface area contributed by atoms with Gasteiger partial charge < -0.3 is 9.84 Å². The predicted molar refractivity (Wildman–Crippen MR) is 102 cm³/mol. The molecular weight excluding hydrogens is 350 g/mol. The van der Waals surface area contributed by atoms with Crippen molar-refractivity contribution in [3.05, 3.63) is 58.0 Å². The SMILES string of the molecule is COc1cccc(N2C(=O)C(O)=C(C(=O)CC(C)C)C2c2cccs2)c1. The molecule has 1 N–H and O–H groups in total. The third-order valence-corrected chi connectivity index (χ3v) is 5.17. The van der Waals surface area contributed by atoms with Crippen LogP contribution in [-0.2, 0) is 9.59 Å². The first-order chi connectivity index (χ1) is 12.4. The molecule has 0 fully saturated rings. The summed E-state index contributed by atoms with van der Waals surface area (Å²) in [4.78, 5) is 27.9. The highest BCUT2D eigenvalue weighted by atomic mass is 32.1. The molecule has 0 radical (unpaired) electrons. The summed E-state index contributed by atoms with van der Waals surface area (Å²) in [7, 11) is 1.55. The molecule has 2 heterocycles. The number of ketones is 1. The molecule has 0 bridgehead atoms. The molecule has 2 aromatic rings. The Morgan fingerprint density at radius 1 is 1.31 bits per heavy atom. The van der Waals surface area contributed by atoms with E-state index >= 15 is 0 Å². The van der Waals surface area contributed by atoms with E-state index in [9.17, 15) is 14.7 Å². The Bertz CT molecular complexity index is 854. The minimum absolute atomic E-state index is 0.132. The number of carbonyl (C=O) groups excluding carboxylic acids is 2. The number of rotatable bonds is 6. The highest BCUT2D eigenvalue weighted by molar-refractivity contribution is 7.10. The highest BCUT2D eigenvalue weighted by Gasteiger charge is 2.44. The molecule has 1 aromatic heterocycles. The number of aliphatic hydroxyl groups is 1. The van der Waals surface area contributed by atoms with Gasteiger partial charge in [0.15, 0.2) is 11.5 Å². The molecule has 0 aliphatic carbocycles. The van der Waals surface area contributed by atoms with Gasteiger partial charge in [0.05, 0.1) is 12.7 Å².